The smallest absolute Gasteiger partial charge is 0.0726 e. The Bertz CT molecular complexity index is 5110. The number of hydrogen-bond donors (Lipinski definition) is 0. The Balaban J connectivity index is 0.802. The first kappa shape index (κ1) is 48.5. The zero-order chi connectivity index (χ0) is 56.5. The van der Waals surface area contributed by atoms with Gasteiger partial charge in [0, 0.05) is 33.5 Å². The fourth-order valence-electron chi connectivity index (χ4n) is 15.6. The van der Waals surface area contributed by atoms with Gasteiger partial charge in [0.15, 0.2) is 0 Å². The molecule has 0 aliphatic heterocycles. The maximum atomic E-state index is 2.50. The van der Waals surface area contributed by atoms with E-state index in [2.05, 4.69) is 337 Å². The molecule has 400 valence electrons. The summed E-state index contributed by atoms with van der Waals surface area (Å²) < 4.78 is 2.44. The molecule has 0 radical (unpaired) electrons. The topological polar surface area (TPSA) is 8.17 Å². The van der Waals surface area contributed by atoms with Crippen LogP contribution in [0.2, 0.25) is 0 Å². The second kappa shape index (κ2) is 18.7. The molecular formula is C84H54N2. The Morgan fingerprint density at radius 2 is 0.640 bits per heavy atom. The number of anilines is 3. The van der Waals surface area contributed by atoms with Crippen LogP contribution in [0.1, 0.15) is 44.5 Å². The minimum Gasteiger partial charge on any atom is -0.310 e. The molecule has 86 heavy (non-hydrogen) atoms. The average Bonchev–Trinajstić information content (AvgIpc) is 1.53. The van der Waals surface area contributed by atoms with E-state index in [0.29, 0.717) is 0 Å². The van der Waals surface area contributed by atoms with Crippen LogP contribution in [0.4, 0.5) is 17.1 Å². The Hall–Kier alpha value is -11.1. The van der Waals surface area contributed by atoms with E-state index >= 15 is 0 Å². The van der Waals surface area contributed by atoms with Crippen LogP contribution in [-0.4, -0.2) is 4.57 Å². The van der Waals surface area contributed by atoms with Crippen molar-refractivity contribution in [2.75, 3.05) is 4.90 Å². The first-order valence-electron chi connectivity index (χ1n) is 30.0. The molecule has 0 atom stereocenters. The van der Waals surface area contributed by atoms with E-state index in [1.54, 1.807) is 0 Å². The van der Waals surface area contributed by atoms with Gasteiger partial charge in [0.1, 0.15) is 0 Å². The van der Waals surface area contributed by atoms with Gasteiger partial charge in [-0.25, -0.2) is 0 Å². The molecule has 0 bridgehead atoms. The summed E-state index contributed by atoms with van der Waals surface area (Å²) >= 11 is 0. The number of fused-ring (bicyclic) bond motifs is 17. The molecule has 2 heteroatoms. The molecule has 15 aromatic rings. The van der Waals surface area contributed by atoms with Crippen LogP contribution >= 0.6 is 0 Å². The van der Waals surface area contributed by atoms with Gasteiger partial charge in [0.2, 0.25) is 0 Å². The molecule has 1 spiro atoms. The lowest BCUT2D eigenvalue weighted by Crippen LogP contribution is -2.28. The highest BCUT2D eigenvalue weighted by atomic mass is 15.1. The van der Waals surface area contributed by atoms with Gasteiger partial charge < -0.3 is 9.47 Å². The normalized spacial score (nSPS) is 13.5. The highest BCUT2D eigenvalue weighted by Gasteiger charge is 2.52. The van der Waals surface area contributed by atoms with Gasteiger partial charge in [-0.2, -0.15) is 0 Å². The number of nitrogens with zero attached hydrogens (tertiary/aromatic N) is 2. The SMILES string of the molecule is c1ccc(-n2c3ccc(-c4ccc(N(c5ccc(-c6ccc7ccccc7c6)cc5)c5ccc6c(c5)C5(c7ccccc7-c7ccccc75)c5ccccc5-6)cc4)cc3c3cc(C4(c5ccccc5)c5ccccc5-c5ccccc54)ccc32)cc1. The van der Waals surface area contributed by atoms with Crippen LogP contribution < -0.4 is 4.90 Å². The number of aromatic nitrogens is 1. The summed E-state index contributed by atoms with van der Waals surface area (Å²) in [5.41, 5.74) is 28.7. The Morgan fingerprint density at radius 3 is 1.20 bits per heavy atom. The molecule has 1 heterocycles. The zero-order valence-electron chi connectivity index (χ0n) is 47.1. The predicted octanol–water partition coefficient (Wildman–Crippen LogP) is 21.4. The molecule has 0 N–H and O–H groups in total. The van der Waals surface area contributed by atoms with E-state index in [9.17, 15) is 0 Å². The van der Waals surface area contributed by atoms with E-state index < -0.39 is 10.8 Å². The molecular weight excluding hydrogens is 1040 g/mol. The first-order chi connectivity index (χ1) is 42.6. The summed E-state index contributed by atoms with van der Waals surface area (Å²) in [6.07, 6.45) is 0. The van der Waals surface area contributed by atoms with Gasteiger partial charge in [-0.15, -0.1) is 0 Å². The molecule has 0 saturated heterocycles. The van der Waals surface area contributed by atoms with Crippen molar-refractivity contribution in [3.63, 3.8) is 0 Å². The number of hydrogen-bond acceptors (Lipinski definition) is 1. The molecule has 18 rings (SSSR count). The predicted molar refractivity (Wildman–Crippen MR) is 357 cm³/mol. The van der Waals surface area contributed by atoms with Crippen LogP contribution in [0.3, 0.4) is 0 Å². The molecule has 0 saturated carbocycles. The maximum absolute atomic E-state index is 2.50. The van der Waals surface area contributed by atoms with E-state index in [-0.39, 0.29) is 0 Å². The number of rotatable bonds is 8. The monoisotopic (exact) mass is 1090 g/mol. The van der Waals surface area contributed by atoms with Crippen molar-refractivity contribution in [2.45, 2.75) is 10.8 Å². The molecule has 2 nitrogen and oxygen atoms in total. The summed E-state index contributed by atoms with van der Waals surface area (Å²) in [7, 11) is 0. The van der Waals surface area contributed by atoms with E-state index in [0.717, 1.165) is 33.9 Å². The van der Waals surface area contributed by atoms with Gasteiger partial charge in [-0.3, -0.25) is 0 Å². The van der Waals surface area contributed by atoms with Crippen LogP contribution in [0, 0.1) is 0 Å². The van der Waals surface area contributed by atoms with Crippen LogP contribution in [0.25, 0.3) is 93.9 Å². The third-order valence-corrected chi connectivity index (χ3v) is 19.3. The van der Waals surface area contributed by atoms with Crippen LogP contribution in [-0.2, 0) is 10.8 Å². The molecule has 0 unspecified atom stereocenters. The lowest BCUT2D eigenvalue weighted by Gasteiger charge is -2.34. The van der Waals surface area contributed by atoms with Crippen molar-refractivity contribution in [3.8, 4) is 61.3 Å². The van der Waals surface area contributed by atoms with Crippen LogP contribution in [0.15, 0.2) is 328 Å². The Labute approximate surface area is 500 Å². The highest BCUT2D eigenvalue weighted by Crippen LogP contribution is 2.64. The van der Waals surface area contributed by atoms with Crippen molar-refractivity contribution in [1.82, 2.24) is 4.57 Å². The van der Waals surface area contributed by atoms with E-state index in [1.807, 2.05) is 0 Å². The van der Waals surface area contributed by atoms with Crippen molar-refractivity contribution < 1.29 is 0 Å². The number of para-hydroxylation sites is 1. The van der Waals surface area contributed by atoms with Gasteiger partial charge in [0.25, 0.3) is 0 Å². The van der Waals surface area contributed by atoms with Crippen molar-refractivity contribution >= 4 is 49.6 Å². The quantitative estimate of drug-likeness (QED) is 0.147. The Kier molecular flexibility index (Phi) is 10.6. The molecule has 3 aliphatic rings. The van der Waals surface area contributed by atoms with Crippen LogP contribution in [0.5, 0.6) is 0 Å². The summed E-state index contributed by atoms with van der Waals surface area (Å²) in [6, 6.07) is 123. The maximum Gasteiger partial charge on any atom is 0.0726 e. The minimum absolute atomic E-state index is 0.470. The van der Waals surface area contributed by atoms with E-state index in [1.165, 1.54) is 122 Å². The second-order valence-electron chi connectivity index (χ2n) is 23.4. The summed E-state index contributed by atoms with van der Waals surface area (Å²) in [4.78, 5) is 2.46. The molecule has 0 amide bonds. The van der Waals surface area contributed by atoms with Gasteiger partial charge in [-0.1, -0.05) is 249 Å². The van der Waals surface area contributed by atoms with Gasteiger partial charge in [0.05, 0.1) is 21.9 Å². The summed E-state index contributed by atoms with van der Waals surface area (Å²) in [5.74, 6) is 0. The summed E-state index contributed by atoms with van der Waals surface area (Å²) in [6.45, 7) is 0. The lowest BCUT2D eigenvalue weighted by atomic mass is 9.67. The lowest BCUT2D eigenvalue weighted by molar-refractivity contribution is 0.770. The molecule has 0 fully saturated rings. The standard InChI is InChI=1S/C84H54N2/c1-3-21-61(22-4-1)83(75-30-14-9-25-67(75)68-26-10-15-31-76(68)83)62-42-50-82-74(53-62)73-52-60(41-49-81(73)86(82)63-23-5-2-6-24-63)57-39-45-65(46-40-57)85(64-43-37-56(38-44-64)59-36-35-55-19-7-8-20-58(55)51-59)66-47-48-72-71-29-13-18-34-79(71)84(80(72)54-66)77-32-16-11-27-69(77)70-28-12-17-33-78(70)84/h1-54H. The van der Waals surface area contributed by atoms with E-state index in [4.69, 9.17) is 0 Å². The molecule has 14 aromatic carbocycles. The van der Waals surface area contributed by atoms with Gasteiger partial charge in [-0.05, 0) is 190 Å². The second-order valence-corrected chi connectivity index (χ2v) is 23.4. The average molecular weight is 1090 g/mol. The van der Waals surface area contributed by atoms with Crippen molar-refractivity contribution in [2.24, 2.45) is 0 Å². The summed E-state index contributed by atoms with van der Waals surface area (Å²) in [5, 5.41) is 4.92. The third kappa shape index (κ3) is 6.84. The minimum atomic E-state index is -0.518. The van der Waals surface area contributed by atoms with Crippen molar-refractivity contribution in [1.29, 1.82) is 0 Å². The van der Waals surface area contributed by atoms with Gasteiger partial charge >= 0.3 is 0 Å². The first-order valence-corrected chi connectivity index (χ1v) is 30.0. The molecule has 1 aromatic heterocycles. The largest absolute Gasteiger partial charge is 0.310 e. The zero-order valence-corrected chi connectivity index (χ0v) is 47.1. The third-order valence-electron chi connectivity index (χ3n) is 19.3. The Morgan fingerprint density at radius 1 is 0.233 bits per heavy atom. The fraction of sp³-hybridized carbons (Fsp3) is 0.0238. The fourth-order valence-corrected chi connectivity index (χ4v) is 15.6. The number of benzene rings is 14. The molecule has 3 aliphatic carbocycles. The highest BCUT2D eigenvalue weighted by molar-refractivity contribution is 6.11. The van der Waals surface area contributed by atoms with Crippen molar-refractivity contribution in [3.05, 3.63) is 372 Å².